The summed E-state index contributed by atoms with van der Waals surface area (Å²) in [4.78, 5) is 23.5. The molecule has 2 aliphatic rings. The van der Waals surface area contributed by atoms with E-state index in [2.05, 4.69) is 26.9 Å². The first-order valence-electron chi connectivity index (χ1n) is 13.7. The maximum absolute atomic E-state index is 13.4. The normalized spacial score (nSPS) is 19.7. The molecule has 0 N–H and O–H groups in total. The molecule has 216 valence electrons. The number of hydrogen-bond acceptors (Lipinski definition) is 6. The number of pyridine rings is 1. The molecule has 0 unspecified atom stereocenters. The molecule has 7 nitrogen and oxygen atoms in total. The van der Waals surface area contributed by atoms with Crippen molar-refractivity contribution in [2.45, 2.75) is 44.0 Å². The number of nitrogens with zero attached hydrogens (tertiary/aromatic N) is 5. The molecule has 3 aromatic rings. The molecule has 11 heteroatoms. The van der Waals surface area contributed by atoms with E-state index >= 15 is 0 Å². The molecule has 0 bridgehead atoms. The van der Waals surface area contributed by atoms with Crippen LogP contribution in [0.25, 0.3) is 10.9 Å². The van der Waals surface area contributed by atoms with E-state index in [1.54, 1.807) is 19.2 Å². The van der Waals surface area contributed by atoms with Gasteiger partial charge in [0.15, 0.2) is 0 Å². The van der Waals surface area contributed by atoms with Crippen molar-refractivity contribution in [2.75, 3.05) is 49.6 Å². The molecular weight excluding hydrogens is 599 g/mol. The van der Waals surface area contributed by atoms with E-state index in [0.717, 1.165) is 52.9 Å². The smallest absolute Gasteiger partial charge is 0.372 e. The van der Waals surface area contributed by atoms with Gasteiger partial charge < -0.3 is 19.4 Å². The topological polar surface area (TPSA) is 72.7 Å². The average Bonchev–Trinajstić information content (AvgIpc) is 2.98. The first kappa shape index (κ1) is 29.1. The number of piperazine rings is 1. The number of carbonyl (C=O) groups excluding carboxylic acids is 1. The second kappa shape index (κ2) is 12.2. The van der Waals surface area contributed by atoms with Crippen LogP contribution < -0.4 is 9.80 Å². The Hall–Kier alpha value is -3.36. The number of amides is 1. The third kappa shape index (κ3) is 6.76. The number of halogens is 4. The summed E-state index contributed by atoms with van der Waals surface area (Å²) < 4.78 is 47.2. The summed E-state index contributed by atoms with van der Waals surface area (Å²) in [6.45, 7) is 2.63. The molecule has 2 aromatic carbocycles. The van der Waals surface area contributed by atoms with Gasteiger partial charge >= 0.3 is 6.18 Å². The minimum absolute atomic E-state index is 0.0266. The molecule has 5 rings (SSSR count). The fourth-order valence-electron chi connectivity index (χ4n) is 5.62. The molecule has 41 heavy (non-hydrogen) atoms. The number of anilines is 2. The third-order valence-electron chi connectivity index (χ3n) is 8.06. The van der Waals surface area contributed by atoms with Crippen LogP contribution in [0.5, 0.6) is 0 Å². The molecule has 1 saturated heterocycles. The Bertz CT molecular complexity index is 1440. The van der Waals surface area contributed by atoms with Crippen LogP contribution in [0.2, 0.25) is 0 Å². The summed E-state index contributed by atoms with van der Waals surface area (Å²) in [5, 5.41) is 10.1. The number of carbonyl (C=O) groups is 1. The van der Waals surface area contributed by atoms with E-state index in [9.17, 15) is 18.0 Å². The summed E-state index contributed by atoms with van der Waals surface area (Å²) in [5.41, 5.74) is 0.0721. The van der Waals surface area contributed by atoms with E-state index in [1.807, 2.05) is 34.1 Å². The molecule has 1 saturated carbocycles. The molecule has 0 atom stereocenters. The Morgan fingerprint density at radius 3 is 2.49 bits per heavy atom. The quantitative estimate of drug-likeness (QED) is 0.333. The van der Waals surface area contributed by atoms with Gasteiger partial charge in [-0.2, -0.15) is 18.4 Å². The van der Waals surface area contributed by atoms with Crippen molar-refractivity contribution < 1.29 is 22.7 Å². The lowest BCUT2D eigenvalue weighted by Gasteiger charge is -2.37. The zero-order chi connectivity index (χ0) is 29.1. The highest BCUT2D eigenvalue weighted by atomic mass is 79.9. The largest absolute Gasteiger partial charge is 0.417 e. The monoisotopic (exact) mass is 629 g/mol. The first-order valence-corrected chi connectivity index (χ1v) is 14.5. The summed E-state index contributed by atoms with van der Waals surface area (Å²) in [6.07, 6.45) is -1.71. The lowest BCUT2D eigenvalue weighted by Crippen LogP contribution is -2.50. The van der Waals surface area contributed by atoms with E-state index in [1.165, 1.54) is 6.07 Å². The van der Waals surface area contributed by atoms with Gasteiger partial charge in [-0.3, -0.25) is 4.79 Å². The Morgan fingerprint density at radius 1 is 1.07 bits per heavy atom. The van der Waals surface area contributed by atoms with E-state index < -0.39 is 11.7 Å². The first-order chi connectivity index (χ1) is 19.6. The van der Waals surface area contributed by atoms with Crippen LogP contribution in [0.15, 0.2) is 53.0 Å². The molecule has 0 spiro atoms. The molecule has 1 aromatic heterocycles. The summed E-state index contributed by atoms with van der Waals surface area (Å²) >= 11 is 3.49. The highest BCUT2D eigenvalue weighted by Crippen LogP contribution is 2.36. The molecule has 1 aliphatic carbocycles. The van der Waals surface area contributed by atoms with E-state index in [-0.39, 0.29) is 30.2 Å². The highest BCUT2D eigenvalue weighted by Gasteiger charge is 2.35. The van der Waals surface area contributed by atoms with Gasteiger partial charge in [-0.1, -0.05) is 15.9 Å². The maximum atomic E-state index is 13.4. The Kier molecular flexibility index (Phi) is 8.71. The van der Waals surface area contributed by atoms with Gasteiger partial charge in [0, 0.05) is 54.8 Å². The van der Waals surface area contributed by atoms with Crippen LogP contribution in [0, 0.1) is 11.3 Å². The van der Waals surface area contributed by atoms with Crippen molar-refractivity contribution in [1.82, 2.24) is 9.88 Å². The fourth-order valence-corrected chi connectivity index (χ4v) is 6.00. The highest BCUT2D eigenvalue weighted by molar-refractivity contribution is 9.10. The van der Waals surface area contributed by atoms with Gasteiger partial charge in [-0.05, 0) is 74.2 Å². The van der Waals surface area contributed by atoms with Crippen molar-refractivity contribution in [3.05, 3.63) is 64.1 Å². The summed E-state index contributed by atoms with van der Waals surface area (Å²) in [7, 11) is 1.78. The van der Waals surface area contributed by atoms with Crippen LogP contribution in [0.1, 0.15) is 36.8 Å². The lowest BCUT2D eigenvalue weighted by atomic mass is 9.91. The van der Waals surface area contributed by atoms with Gasteiger partial charge in [0.25, 0.3) is 0 Å². The summed E-state index contributed by atoms with van der Waals surface area (Å²) in [6, 6.07) is 15.6. The number of fused-ring (bicyclic) bond motifs is 1. The van der Waals surface area contributed by atoms with Crippen molar-refractivity contribution >= 4 is 44.2 Å². The Balaban J connectivity index is 1.07. The van der Waals surface area contributed by atoms with Crippen LogP contribution in [0.4, 0.5) is 24.7 Å². The third-order valence-corrected chi connectivity index (χ3v) is 8.56. The maximum Gasteiger partial charge on any atom is 0.417 e. The predicted molar refractivity (Wildman–Crippen MR) is 155 cm³/mol. The van der Waals surface area contributed by atoms with Crippen molar-refractivity contribution in [1.29, 1.82) is 5.26 Å². The van der Waals surface area contributed by atoms with Gasteiger partial charge in [0.2, 0.25) is 5.91 Å². The standard InChI is InChI=1S/C30H31BrF3N5O2/c1-37(24-5-2-21(18-35)26(17-24)30(32,33)34)23-6-8-25(9-7-23)41-19-29(40)39-14-12-38(13-15-39)28-11-3-20-16-22(31)4-10-27(20)36-28/h2-5,10-11,16-17,23,25H,6-9,12-15,19H2,1H3. The van der Waals surface area contributed by atoms with Gasteiger partial charge in [0.05, 0.1) is 28.8 Å². The Labute approximate surface area is 245 Å². The lowest BCUT2D eigenvalue weighted by molar-refractivity contribution is -0.139. The minimum atomic E-state index is -4.59. The number of nitriles is 1. The number of hydrogen-bond donors (Lipinski definition) is 0. The van der Waals surface area contributed by atoms with Gasteiger partial charge in [0.1, 0.15) is 12.4 Å². The minimum Gasteiger partial charge on any atom is -0.372 e. The number of benzene rings is 2. The van der Waals surface area contributed by atoms with E-state index in [4.69, 9.17) is 15.0 Å². The average molecular weight is 631 g/mol. The van der Waals surface area contributed by atoms with Gasteiger partial charge in [-0.25, -0.2) is 4.98 Å². The predicted octanol–water partition coefficient (Wildman–Crippen LogP) is 6.00. The van der Waals surface area contributed by atoms with E-state index in [0.29, 0.717) is 31.9 Å². The SMILES string of the molecule is CN(c1ccc(C#N)c(C(F)(F)F)c1)C1CCC(OCC(=O)N2CCN(c3ccc4cc(Br)ccc4n3)CC2)CC1. The van der Waals surface area contributed by atoms with Crippen LogP contribution in [-0.4, -0.2) is 67.8 Å². The Morgan fingerprint density at radius 2 is 1.80 bits per heavy atom. The molecule has 1 amide bonds. The summed E-state index contributed by atoms with van der Waals surface area (Å²) in [5.74, 6) is 0.873. The second-order valence-electron chi connectivity index (χ2n) is 10.6. The van der Waals surface area contributed by atoms with Crippen LogP contribution in [-0.2, 0) is 15.7 Å². The second-order valence-corrected chi connectivity index (χ2v) is 11.5. The zero-order valence-electron chi connectivity index (χ0n) is 22.7. The molecule has 1 aliphatic heterocycles. The number of rotatable bonds is 6. The molecule has 2 fully saturated rings. The fraction of sp³-hybridized carbons (Fsp3) is 0.433. The number of ether oxygens (including phenoxy) is 1. The zero-order valence-corrected chi connectivity index (χ0v) is 24.3. The number of alkyl halides is 3. The molecular formula is C30H31BrF3N5O2. The van der Waals surface area contributed by atoms with Crippen molar-refractivity contribution in [2.24, 2.45) is 0 Å². The van der Waals surface area contributed by atoms with Crippen LogP contribution >= 0.6 is 15.9 Å². The molecule has 2 heterocycles. The molecule has 0 radical (unpaired) electrons. The number of aromatic nitrogens is 1. The van der Waals surface area contributed by atoms with Crippen molar-refractivity contribution in [3.8, 4) is 6.07 Å². The van der Waals surface area contributed by atoms with Crippen molar-refractivity contribution in [3.63, 3.8) is 0 Å². The van der Waals surface area contributed by atoms with Crippen LogP contribution in [0.3, 0.4) is 0 Å². The van der Waals surface area contributed by atoms with Gasteiger partial charge in [-0.15, -0.1) is 0 Å².